The van der Waals surface area contributed by atoms with E-state index in [9.17, 15) is 0 Å². The second kappa shape index (κ2) is 17.3. The van der Waals surface area contributed by atoms with Crippen LogP contribution in [0.3, 0.4) is 0 Å². The Labute approximate surface area is 432 Å². The predicted molar refractivity (Wildman–Crippen MR) is 313 cm³/mol. The van der Waals surface area contributed by atoms with Crippen LogP contribution in [0.2, 0.25) is 0 Å². The van der Waals surface area contributed by atoms with Crippen molar-refractivity contribution in [1.82, 2.24) is 4.57 Å². The fourth-order valence-electron chi connectivity index (χ4n) is 11.6. The highest BCUT2D eigenvalue weighted by Crippen LogP contribution is 2.49. The van der Waals surface area contributed by atoms with Crippen molar-refractivity contribution in [1.29, 1.82) is 0 Å². The Morgan fingerprint density at radius 1 is 0.293 bits per heavy atom. The van der Waals surface area contributed by atoms with Crippen LogP contribution >= 0.6 is 0 Å². The van der Waals surface area contributed by atoms with Gasteiger partial charge in [0, 0.05) is 60.9 Å². The summed E-state index contributed by atoms with van der Waals surface area (Å²) in [6, 6.07) is 97.4. The Kier molecular flexibility index (Phi) is 9.82. The van der Waals surface area contributed by atoms with Crippen molar-refractivity contribution < 1.29 is 8.83 Å². The summed E-state index contributed by atoms with van der Waals surface area (Å²) in [5, 5.41) is 8.84. The third-order valence-corrected chi connectivity index (χ3v) is 14.9. The van der Waals surface area contributed by atoms with Crippen molar-refractivity contribution in [3.63, 3.8) is 0 Å². The molecule has 0 bridgehead atoms. The third kappa shape index (κ3) is 6.93. The first-order chi connectivity index (χ1) is 37.2. The number of anilines is 6. The lowest BCUT2D eigenvalue weighted by molar-refractivity contribution is 0.663. The van der Waals surface area contributed by atoms with Gasteiger partial charge in [-0.05, 0) is 125 Å². The highest BCUT2D eigenvalue weighted by Gasteiger charge is 2.25. The molecule has 0 aliphatic rings. The van der Waals surface area contributed by atoms with E-state index in [2.05, 4.69) is 287 Å². The fraction of sp³-hybridized carbons (Fsp3) is 0. The molecule has 0 spiro atoms. The minimum atomic E-state index is 0.767. The van der Waals surface area contributed by atoms with Crippen molar-refractivity contribution in [2.75, 3.05) is 9.80 Å². The van der Waals surface area contributed by atoms with Gasteiger partial charge >= 0.3 is 0 Å². The van der Waals surface area contributed by atoms with E-state index in [0.717, 1.165) is 106 Å². The van der Waals surface area contributed by atoms with Crippen molar-refractivity contribution in [2.45, 2.75) is 0 Å². The zero-order chi connectivity index (χ0) is 49.4. The number of aromatic nitrogens is 1. The Bertz CT molecular complexity index is 4660. The third-order valence-electron chi connectivity index (χ3n) is 14.9. The standard InChI is InChI=1S/C70H45N3O2/c1-4-23-50(24-5-1)71(61-36-15-20-46-19-10-11-31-55(46)61)53-29-16-30-54(45-53)72(51-25-6-2-7-26-51)63-37-18-38-65-67(63)68-66(74-65)42-41-60-59-34-17-33-56(69(59)75-70(60)68)49-22-14-21-47(43-49)48-39-40-58-57-32-12-13-35-62(57)73(64(58)44-48)52-27-8-3-9-28-52/h1-45H. The normalized spacial score (nSPS) is 11.7. The van der Waals surface area contributed by atoms with Crippen LogP contribution < -0.4 is 9.80 Å². The molecule has 0 fully saturated rings. The van der Waals surface area contributed by atoms with E-state index in [0.29, 0.717) is 0 Å². The van der Waals surface area contributed by atoms with Crippen LogP contribution in [0.25, 0.3) is 104 Å². The van der Waals surface area contributed by atoms with Crippen molar-refractivity contribution >= 4 is 111 Å². The maximum absolute atomic E-state index is 7.26. The SMILES string of the molecule is c1ccc(N(c2cccc(N(c3ccccc3)c3cccc4oc5ccc6c7cccc(-c8cccc(-c9ccc%10c%11ccccc%11n(-c%11ccccc%11)c%10c9)c8)c7oc6c5c34)c2)c2cccc3ccccc23)cc1. The van der Waals surface area contributed by atoms with Crippen molar-refractivity contribution in [3.8, 4) is 27.9 Å². The summed E-state index contributed by atoms with van der Waals surface area (Å²) in [5.41, 5.74) is 17.3. The molecule has 0 amide bonds. The van der Waals surface area contributed by atoms with E-state index < -0.39 is 0 Å². The molecule has 12 aromatic carbocycles. The van der Waals surface area contributed by atoms with Crippen LogP contribution in [0.1, 0.15) is 0 Å². The molecule has 15 rings (SSSR count). The molecular formula is C70H45N3O2. The predicted octanol–water partition coefficient (Wildman–Crippen LogP) is 20.0. The Morgan fingerprint density at radius 3 is 1.65 bits per heavy atom. The highest BCUT2D eigenvalue weighted by molar-refractivity contribution is 6.26. The number of rotatable bonds is 9. The molecular weight excluding hydrogens is 915 g/mol. The van der Waals surface area contributed by atoms with E-state index in [-0.39, 0.29) is 0 Å². The van der Waals surface area contributed by atoms with E-state index in [1.807, 2.05) is 0 Å². The van der Waals surface area contributed by atoms with Crippen molar-refractivity contribution in [3.05, 3.63) is 273 Å². The van der Waals surface area contributed by atoms with Crippen LogP contribution in [0.4, 0.5) is 34.1 Å². The summed E-state index contributed by atoms with van der Waals surface area (Å²) >= 11 is 0. The summed E-state index contributed by atoms with van der Waals surface area (Å²) in [7, 11) is 0. The van der Waals surface area contributed by atoms with Crippen LogP contribution in [-0.2, 0) is 0 Å². The van der Waals surface area contributed by atoms with Gasteiger partial charge < -0.3 is 23.2 Å². The first-order valence-corrected chi connectivity index (χ1v) is 25.5. The molecule has 5 heteroatoms. The van der Waals surface area contributed by atoms with Gasteiger partial charge in [0.1, 0.15) is 22.3 Å². The molecule has 0 atom stereocenters. The second-order valence-electron chi connectivity index (χ2n) is 19.2. The monoisotopic (exact) mass is 959 g/mol. The average Bonchev–Trinajstić information content (AvgIpc) is 4.17. The van der Waals surface area contributed by atoms with Gasteiger partial charge in [-0.2, -0.15) is 0 Å². The van der Waals surface area contributed by atoms with Gasteiger partial charge in [0.15, 0.2) is 0 Å². The summed E-state index contributed by atoms with van der Waals surface area (Å²) in [6.07, 6.45) is 0. The quantitative estimate of drug-likeness (QED) is 0.144. The van der Waals surface area contributed by atoms with Crippen LogP contribution in [0, 0.1) is 0 Å². The van der Waals surface area contributed by atoms with Gasteiger partial charge in [-0.25, -0.2) is 0 Å². The molecule has 0 N–H and O–H groups in total. The van der Waals surface area contributed by atoms with Gasteiger partial charge in [0.25, 0.3) is 0 Å². The summed E-state index contributed by atoms with van der Waals surface area (Å²) in [4.78, 5) is 4.71. The van der Waals surface area contributed by atoms with Crippen LogP contribution in [0.5, 0.6) is 0 Å². The van der Waals surface area contributed by atoms with Crippen molar-refractivity contribution in [2.24, 2.45) is 0 Å². The molecule has 3 heterocycles. The minimum absolute atomic E-state index is 0.767. The molecule has 0 aliphatic heterocycles. The Hall–Kier alpha value is -10.1. The lowest BCUT2D eigenvalue weighted by Crippen LogP contribution is -2.13. The molecule has 0 saturated carbocycles. The van der Waals surface area contributed by atoms with Gasteiger partial charge in [-0.15, -0.1) is 0 Å². The first-order valence-electron chi connectivity index (χ1n) is 25.5. The molecule has 75 heavy (non-hydrogen) atoms. The second-order valence-corrected chi connectivity index (χ2v) is 19.2. The lowest BCUT2D eigenvalue weighted by atomic mass is 9.97. The highest BCUT2D eigenvalue weighted by atomic mass is 16.3. The van der Waals surface area contributed by atoms with Gasteiger partial charge in [-0.1, -0.05) is 170 Å². The topological polar surface area (TPSA) is 37.7 Å². The van der Waals surface area contributed by atoms with Gasteiger partial charge in [0.2, 0.25) is 0 Å². The Balaban J connectivity index is 0.887. The van der Waals surface area contributed by atoms with E-state index in [4.69, 9.17) is 8.83 Å². The van der Waals surface area contributed by atoms with E-state index in [1.54, 1.807) is 0 Å². The number of nitrogens with zero attached hydrogens (tertiary/aromatic N) is 3. The van der Waals surface area contributed by atoms with Crippen LogP contribution in [-0.4, -0.2) is 4.57 Å². The molecule has 0 radical (unpaired) electrons. The number of hydrogen-bond acceptors (Lipinski definition) is 4. The number of fused-ring (bicyclic) bond motifs is 11. The number of furan rings is 2. The van der Waals surface area contributed by atoms with Crippen LogP contribution in [0.15, 0.2) is 282 Å². The smallest absolute Gasteiger partial charge is 0.147 e. The number of benzene rings is 12. The number of para-hydroxylation sites is 5. The first kappa shape index (κ1) is 42.6. The maximum atomic E-state index is 7.26. The average molecular weight is 960 g/mol. The lowest BCUT2D eigenvalue weighted by Gasteiger charge is -2.30. The summed E-state index contributed by atoms with van der Waals surface area (Å²) < 4.78 is 16.4. The maximum Gasteiger partial charge on any atom is 0.147 e. The van der Waals surface area contributed by atoms with Gasteiger partial charge in [0.05, 0.1) is 33.2 Å². The fourth-order valence-corrected chi connectivity index (χ4v) is 11.6. The minimum Gasteiger partial charge on any atom is -0.456 e. The molecule has 352 valence electrons. The molecule has 3 aromatic heterocycles. The summed E-state index contributed by atoms with van der Waals surface area (Å²) in [5.74, 6) is 0. The van der Waals surface area contributed by atoms with E-state index >= 15 is 0 Å². The Morgan fingerprint density at radius 2 is 0.840 bits per heavy atom. The molecule has 5 nitrogen and oxygen atoms in total. The number of hydrogen-bond donors (Lipinski definition) is 0. The molecule has 0 unspecified atom stereocenters. The summed E-state index contributed by atoms with van der Waals surface area (Å²) in [6.45, 7) is 0. The van der Waals surface area contributed by atoms with Gasteiger partial charge in [-0.3, -0.25) is 0 Å². The van der Waals surface area contributed by atoms with E-state index in [1.165, 1.54) is 32.6 Å². The molecule has 0 aliphatic carbocycles. The zero-order valence-electron chi connectivity index (χ0n) is 40.6. The molecule has 0 saturated heterocycles. The molecule has 15 aromatic rings. The largest absolute Gasteiger partial charge is 0.456 e. The zero-order valence-corrected chi connectivity index (χ0v) is 40.6.